The molecule has 8 heteroatoms. The fraction of sp³-hybridized carbons (Fsp3) is 0.500. The minimum absolute atomic E-state index is 0.362. The van der Waals surface area contributed by atoms with Crippen molar-refractivity contribution in [3.8, 4) is 11.5 Å². The van der Waals surface area contributed by atoms with Gasteiger partial charge in [-0.15, -0.1) is 0 Å². The maximum atomic E-state index is 13.6. The number of carbonyl (C=O) groups excluding carboxylic acids is 1. The van der Waals surface area contributed by atoms with Crippen molar-refractivity contribution in [3.63, 3.8) is 0 Å². The van der Waals surface area contributed by atoms with E-state index in [0.29, 0.717) is 42.5 Å². The molecule has 2 amide bonds. The molecule has 1 aliphatic carbocycles. The standard InChI is InChI=1S/C28H37ClN2O5/c1-4-36-24-19-22(18-23(35-3)25(24)29)20(2)31(17-11-8-14-21-12-6-5-7-13-21)27(34)30-28(26(32)33)15-9-10-16-28/h5-7,12-13,18-20H,4,8-11,14-17H2,1-3H3,(H,30,34)(H,32,33). The monoisotopic (exact) mass is 516 g/mol. The molecular weight excluding hydrogens is 480 g/mol. The number of carboxylic acids is 1. The summed E-state index contributed by atoms with van der Waals surface area (Å²) in [6, 6.07) is 13.1. The van der Waals surface area contributed by atoms with Crippen LogP contribution in [-0.4, -0.2) is 47.8 Å². The van der Waals surface area contributed by atoms with Crippen molar-refractivity contribution in [2.24, 2.45) is 0 Å². The van der Waals surface area contributed by atoms with Gasteiger partial charge in [-0.1, -0.05) is 54.8 Å². The lowest BCUT2D eigenvalue weighted by atomic mass is 9.98. The van der Waals surface area contributed by atoms with Crippen LogP contribution in [0.25, 0.3) is 0 Å². The third-order valence-corrected chi connectivity index (χ3v) is 7.30. The lowest BCUT2D eigenvalue weighted by Crippen LogP contribution is -2.56. The first-order valence-corrected chi connectivity index (χ1v) is 13.1. The van der Waals surface area contributed by atoms with Crippen LogP contribution >= 0.6 is 11.6 Å². The van der Waals surface area contributed by atoms with E-state index < -0.39 is 11.5 Å². The number of methoxy groups -OCH3 is 1. The number of unbranched alkanes of at least 4 members (excludes halogenated alkanes) is 1. The van der Waals surface area contributed by atoms with Gasteiger partial charge in [-0.2, -0.15) is 0 Å². The Balaban J connectivity index is 1.83. The Kier molecular flexibility index (Phi) is 9.88. The zero-order valence-corrected chi connectivity index (χ0v) is 22.1. The minimum Gasteiger partial charge on any atom is -0.495 e. The number of hydrogen-bond acceptors (Lipinski definition) is 4. The van der Waals surface area contributed by atoms with Crippen molar-refractivity contribution >= 4 is 23.6 Å². The summed E-state index contributed by atoms with van der Waals surface area (Å²) in [5, 5.41) is 13.2. The summed E-state index contributed by atoms with van der Waals surface area (Å²) in [7, 11) is 1.54. The number of carboxylic acid groups (broad SMARTS) is 1. The predicted molar refractivity (Wildman–Crippen MR) is 141 cm³/mol. The van der Waals surface area contributed by atoms with E-state index in [4.69, 9.17) is 21.1 Å². The molecule has 2 aromatic carbocycles. The molecule has 2 N–H and O–H groups in total. The summed E-state index contributed by atoms with van der Waals surface area (Å²) in [5.74, 6) is -0.0221. The molecule has 0 spiro atoms. The van der Waals surface area contributed by atoms with Gasteiger partial charge in [0.15, 0.2) is 0 Å². The van der Waals surface area contributed by atoms with Gasteiger partial charge < -0.3 is 24.8 Å². The van der Waals surface area contributed by atoms with Crippen LogP contribution in [0.5, 0.6) is 11.5 Å². The first kappa shape index (κ1) is 27.7. The molecule has 0 heterocycles. The number of ether oxygens (including phenoxy) is 2. The molecule has 0 saturated heterocycles. The number of nitrogens with zero attached hydrogens (tertiary/aromatic N) is 1. The summed E-state index contributed by atoms with van der Waals surface area (Å²) in [5.41, 5.74) is 0.836. The summed E-state index contributed by atoms with van der Waals surface area (Å²) < 4.78 is 11.2. The number of aliphatic carboxylic acids is 1. The van der Waals surface area contributed by atoms with Gasteiger partial charge >= 0.3 is 12.0 Å². The van der Waals surface area contributed by atoms with E-state index in [1.165, 1.54) is 12.7 Å². The van der Waals surface area contributed by atoms with Crippen LogP contribution in [0, 0.1) is 0 Å². The summed E-state index contributed by atoms with van der Waals surface area (Å²) >= 11 is 6.43. The Morgan fingerprint density at radius 1 is 1.14 bits per heavy atom. The van der Waals surface area contributed by atoms with Gasteiger partial charge in [-0.05, 0) is 69.2 Å². The molecule has 1 unspecified atom stereocenters. The topological polar surface area (TPSA) is 88.1 Å². The van der Waals surface area contributed by atoms with E-state index in [1.807, 2.05) is 44.2 Å². The van der Waals surface area contributed by atoms with Gasteiger partial charge in [0.05, 0.1) is 19.8 Å². The van der Waals surface area contributed by atoms with Crippen molar-refractivity contribution < 1.29 is 24.2 Å². The van der Waals surface area contributed by atoms with Gasteiger partial charge in [-0.25, -0.2) is 9.59 Å². The number of carbonyl (C=O) groups is 2. The Labute approximate surface area is 218 Å². The molecule has 196 valence electrons. The minimum atomic E-state index is -1.22. The quantitative estimate of drug-likeness (QED) is 0.326. The van der Waals surface area contributed by atoms with E-state index in [2.05, 4.69) is 17.4 Å². The molecule has 0 radical (unpaired) electrons. The van der Waals surface area contributed by atoms with Crippen LogP contribution in [0.1, 0.15) is 69.5 Å². The Hall–Kier alpha value is -2.93. The summed E-state index contributed by atoms with van der Waals surface area (Å²) in [4.78, 5) is 27.4. The van der Waals surface area contributed by atoms with E-state index >= 15 is 0 Å². The number of amides is 2. The number of urea groups is 1. The number of nitrogens with one attached hydrogen (secondary N) is 1. The van der Waals surface area contributed by atoms with Crippen LogP contribution in [0.3, 0.4) is 0 Å². The molecule has 7 nitrogen and oxygen atoms in total. The average molecular weight is 517 g/mol. The maximum absolute atomic E-state index is 13.6. The number of aryl methyl sites for hydroxylation is 1. The highest BCUT2D eigenvalue weighted by molar-refractivity contribution is 6.33. The third-order valence-electron chi connectivity index (χ3n) is 6.93. The number of halogens is 1. The SMILES string of the molecule is CCOc1cc(C(C)N(CCCCc2ccccc2)C(=O)NC2(C(=O)O)CCCC2)cc(OC)c1Cl. The average Bonchev–Trinajstić information content (AvgIpc) is 3.35. The lowest BCUT2D eigenvalue weighted by molar-refractivity contribution is -0.144. The summed E-state index contributed by atoms with van der Waals surface area (Å²) in [6.07, 6.45) is 5.03. The normalized spacial score (nSPS) is 15.2. The molecule has 0 bridgehead atoms. The second-order valence-corrected chi connectivity index (χ2v) is 9.68. The molecule has 0 aliphatic heterocycles. The molecule has 1 fully saturated rings. The molecule has 36 heavy (non-hydrogen) atoms. The number of rotatable bonds is 12. The van der Waals surface area contributed by atoms with Crippen LogP contribution in [0.4, 0.5) is 4.79 Å². The van der Waals surface area contributed by atoms with Crippen LogP contribution < -0.4 is 14.8 Å². The molecular formula is C28H37ClN2O5. The second-order valence-electron chi connectivity index (χ2n) is 9.30. The van der Waals surface area contributed by atoms with E-state index in [0.717, 1.165) is 37.7 Å². The van der Waals surface area contributed by atoms with Crippen molar-refractivity contribution in [1.29, 1.82) is 0 Å². The Morgan fingerprint density at radius 2 is 1.81 bits per heavy atom. The van der Waals surface area contributed by atoms with Gasteiger partial charge in [0, 0.05) is 6.54 Å². The van der Waals surface area contributed by atoms with Crippen LogP contribution in [-0.2, 0) is 11.2 Å². The highest BCUT2D eigenvalue weighted by Crippen LogP contribution is 2.39. The Bertz CT molecular complexity index is 1020. The second kappa shape index (κ2) is 12.9. The maximum Gasteiger partial charge on any atom is 0.329 e. The van der Waals surface area contributed by atoms with E-state index in [9.17, 15) is 14.7 Å². The van der Waals surface area contributed by atoms with Crippen LogP contribution in [0.15, 0.2) is 42.5 Å². The third kappa shape index (κ3) is 6.64. The fourth-order valence-corrected chi connectivity index (χ4v) is 5.04. The molecule has 1 saturated carbocycles. The van der Waals surface area contributed by atoms with E-state index in [-0.39, 0.29) is 12.1 Å². The van der Waals surface area contributed by atoms with Crippen molar-refractivity contribution in [2.75, 3.05) is 20.3 Å². The van der Waals surface area contributed by atoms with Gasteiger partial charge in [-0.3, -0.25) is 0 Å². The number of benzene rings is 2. The predicted octanol–water partition coefficient (Wildman–Crippen LogP) is 6.24. The molecule has 1 atom stereocenters. The fourth-order valence-electron chi connectivity index (χ4n) is 4.80. The molecule has 0 aromatic heterocycles. The molecule has 3 rings (SSSR count). The zero-order valence-electron chi connectivity index (χ0n) is 21.4. The first-order chi connectivity index (χ1) is 17.3. The lowest BCUT2D eigenvalue weighted by Gasteiger charge is -2.34. The van der Waals surface area contributed by atoms with Gasteiger partial charge in [0.25, 0.3) is 0 Å². The molecule has 1 aliphatic rings. The largest absolute Gasteiger partial charge is 0.495 e. The first-order valence-electron chi connectivity index (χ1n) is 12.7. The zero-order chi connectivity index (χ0) is 26.1. The number of hydrogen-bond donors (Lipinski definition) is 2. The van der Waals surface area contributed by atoms with E-state index in [1.54, 1.807) is 4.90 Å². The highest BCUT2D eigenvalue weighted by atomic mass is 35.5. The summed E-state index contributed by atoms with van der Waals surface area (Å²) in [6.45, 7) is 4.71. The van der Waals surface area contributed by atoms with Crippen molar-refractivity contribution in [1.82, 2.24) is 10.2 Å². The van der Waals surface area contributed by atoms with Gasteiger partial charge in [0.1, 0.15) is 22.1 Å². The van der Waals surface area contributed by atoms with Crippen molar-refractivity contribution in [3.05, 3.63) is 58.6 Å². The van der Waals surface area contributed by atoms with Gasteiger partial charge in [0.2, 0.25) is 0 Å². The Morgan fingerprint density at radius 3 is 2.42 bits per heavy atom. The molecule has 2 aromatic rings. The smallest absolute Gasteiger partial charge is 0.329 e. The van der Waals surface area contributed by atoms with Crippen LogP contribution in [0.2, 0.25) is 5.02 Å². The highest BCUT2D eigenvalue weighted by Gasteiger charge is 2.43. The van der Waals surface area contributed by atoms with Crippen molar-refractivity contribution in [2.45, 2.75) is 70.4 Å².